The summed E-state index contributed by atoms with van der Waals surface area (Å²) in [5.41, 5.74) is -0.0143. The second kappa shape index (κ2) is 5.35. The predicted molar refractivity (Wildman–Crippen MR) is 67.4 cm³/mol. The van der Waals surface area contributed by atoms with Gasteiger partial charge in [0.15, 0.2) is 0 Å². The molecule has 0 spiro atoms. The topological polar surface area (TPSA) is 62.5 Å². The van der Waals surface area contributed by atoms with Crippen molar-refractivity contribution >= 4 is 5.97 Å². The van der Waals surface area contributed by atoms with Crippen LogP contribution in [0.2, 0.25) is 0 Å². The number of aromatic nitrogens is 1. The average Bonchev–Trinajstić information content (AvgIpc) is 2.70. The van der Waals surface area contributed by atoms with E-state index in [0.717, 1.165) is 13.1 Å². The first kappa shape index (κ1) is 12.8. The summed E-state index contributed by atoms with van der Waals surface area (Å²) in [4.78, 5) is 24.6. The lowest BCUT2D eigenvalue weighted by Crippen LogP contribution is -2.29. The highest BCUT2D eigenvalue weighted by atomic mass is 16.4. The highest BCUT2D eigenvalue weighted by Crippen LogP contribution is 2.22. The van der Waals surface area contributed by atoms with Gasteiger partial charge < -0.3 is 14.6 Å². The Labute approximate surface area is 106 Å². The van der Waals surface area contributed by atoms with Crippen molar-refractivity contribution in [2.24, 2.45) is 11.8 Å². The molecule has 1 saturated heterocycles. The standard InChI is InChI=1S/C13H18N2O3/c1-10-8-14(9-11(10)13(17)18)6-7-15-5-3-2-4-12(15)16/h2-5,10-11H,6-9H2,1H3,(H,17,18)/t10-,11-/m1/s1. The molecule has 0 amide bonds. The molecule has 5 heteroatoms. The molecule has 0 unspecified atom stereocenters. The van der Waals surface area contributed by atoms with Crippen LogP contribution in [-0.4, -0.2) is 40.2 Å². The van der Waals surface area contributed by atoms with Crippen LogP contribution in [-0.2, 0) is 11.3 Å². The Morgan fingerprint density at radius 2 is 2.17 bits per heavy atom. The van der Waals surface area contributed by atoms with Crippen LogP contribution in [0.4, 0.5) is 0 Å². The van der Waals surface area contributed by atoms with Gasteiger partial charge in [-0.15, -0.1) is 0 Å². The molecule has 2 rings (SSSR count). The Hall–Kier alpha value is -1.62. The smallest absolute Gasteiger partial charge is 0.308 e. The molecule has 0 bridgehead atoms. The van der Waals surface area contributed by atoms with Gasteiger partial charge in [0.1, 0.15) is 0 Å². The normalized spacial score (nSPS) is 24.3. The molecule has 1 N–H and O–H groups in total. The lowest BCUT2D eigenvalue weighted by Gasteiger charge is -2.15. The molecule has 1 aromatic rings. The fourth-order valence-electron chi connectivity index (χ4n) is 2.47. The third kappa shape index (κ3) is 2.79. The van der Waals surface area contributed by atoms with Gasteiger partial charge in [0.2, 0.25) is 0 Å². The molecule has 0 radical (unpaired) electrons. The Morgan fingerprint density at radius 1 is 1.39 bits per heavy atom. The van der Waals surface area contributed by atoms with E-state index in [4.69, 9.17) is 5.11 Å². The van der Waals surface area contributed by atoms with E-state index in [-0.39, 0.29) is 17.4 Å². The number of hydrogen-bond acceptors (Lipinski definition) is 3. The van der Waals surface area contributed by atoms with Gasteiger partial charge in [0.25, 0.3) is 5.56 Å². The van der Waals surface area contributed by atoms with E-state index >= 15 is 0 Å². The lowest BCUT2D eigenvalue weighted by atomic mass is 9.99. The highest BCUT2D eigenvalue weighted by Gasteiger charge is 2.34. The molecule has 18 heavy (non-hydrogen) atoms. The predicted octanol–water partition coefficient (Wildman–Crippen LogP) is 0.501. The van der Waals surface area contributed by atoms with Crippen LogP contribution in [0, 0.1) is 11.8 Å². The number of carboxylic acids is 1. The maximum atomic E-state index is 11.5. The van der Waals surface area contributed by atoms with E-state index in [0.29, 0.717) is 13.1 Å². The van der Waals surface area contributed by atoms with Crippen molar-refractivity contribution in [3.63, 3.8) is 0 Å². The van der Waals surface area contributed by atoms with E-state index in [1.807, 2.05) is 13.0 Å². The number of likely N-dealkylation sites (tertiary alicyclic amines) is 1. The maximum absolute atomic E-state index is 11.5. The molecular formula is C13H18N2O3. The van der Waals surface area contributed by atoms with Gasteiger partial charge in [-0.05, 0) is 12.0 Å². The van der Waals surface area contributed by atoms with Crippen molar-refractivity contribution in [3.05, 3.63) is 34.7 Å². The first-order chi connectivity index (χ1) is 8.58. The van der Waals surface area contributed by atoms with Crippen LogP contribution in [0.25, 0.3) is 0 Å². The second-order valence-corrected chi connectivity index (χ2v) is 4.91. The average molecular weight is 250 g/mol. The fraction of sp³-hybridized carbons (Fsp3) is 0.538. The SMILES string of the molecule is C[C@@H]1CN(CCn2ccccc2=O)C[C@H]1C(=O)O. The lowest BCUT2D eigenvalue weighted by molar-refractivity contribution is -0.142. The van der Waals surface area contributed by atoms with Crippen molar-refractivity contribution in [2.75, 3.05) is 19.6 Å². The summed E-state index contributed by atoms with van der Waals surface area (Å²) in [5.74, 6) is -0.825. The molecular weight excluding hydrogens is 232 g/mol. The van der Waals surface area contributed by atoms with Crippen molar-refractivity contribution in [2.45, 2.75) is 13.5 Å². The molecule has 98 valence electrons. The summed E-state index contributed by atoms with van der Waals surface area (Å²) >= 11 is 0. The van der Waals surface area contributed by atoms with Gasteiger partial charge in [-0.2, -0.15) is 0 Å². The van der Waals surface area contributed by atoms with Gasteiger partial charge in [-0.25, -0.2) is 0 Å². The van der Waals surface area contributed by atoms with Crippen molar-refractivity contribution in [1.82, 2.24) is 9.47 Å². The summed E-state index contributed by atoms with van der Waals surface area (Å²) in [7, 11) is 0. The Bertz CT molecular complexity index is 483. The molecule has 1 fully saturated rings. The van der Waals surface area contributed by atoms with Crippen LogP contribution in [0.3, 0.4) is 0 Å². The number of hydrogen-bond donors (Lipinski definition) is 1. The largest absolute Gasteiger partial charge is 0.481 e. The van der Waals surface area contributed by atoms with Crippen LogP contribution in [0.1, 0.15) is 6.92 Å². The number of aliphatic carboxylic acids is 1. The van der Waals surface area contributed by atoms with E-state index in [1.165, 1.54) is 6.07 Å². The van der Waals surface area contributed by atoms with E-state index in [1.54, 1.807) is 16.8 Å². The third-order valence-corrected chi connectivity index (χ3v) is 3.56. The first-order valence-electron chi connectivity index (χ1n) is 6.18. The quantitative estimate of drug-likeness (QED) is 0.845. The van der Waals surface area contributed by atoms with Crippen LogP contribution >= 0.6 is 0 Å². The van der Waals surface area contributed by atoms with Crippen molar-refractivity contribution in [3.8, 4) is 0 Å². The summed E-state index contributed by atoms with van der Waals surface area (Å²) in [6.07, 6.45) is 1.76. The number of nitrogens with zero attached hydrogens (tertiary/aromatic N) is 2. The van der Waals surface area contributed by atoms with E-state index in [9.17, 15) is 9.59 Å². The van der Waals surface area contributed by atoms with E-state index < -0.39 is 5.97 Å². The molecule has 1 aliphatic heterocycles. The van der Waals surface area contributed by atoms with Crippen LogP contribution in [0.15, 0.2) is 29.2 Å². The van der Waals surface area contributed by atoms with Crippen molar-refractivity contribution < 1.29 is 9.90 Å². The highest BCUT2D eigenvalue weighted by molar-refractivity contribution is 5.71. The summed E-state index contributed by atoms with van der Waals surface area (Å²) in [6, 6.07) is 5.08. The minimum absolute atomic E-state index is 0.0143. The zero-order valence-corrected chi connectivity index (χ0v) is 10.5. The van der Waals surface area contributed by atoms with Gasteiger partial charge in [-0.1, -0.05) is 13.0 Å². The minimum Gasteiger partial charge on any atom is -0.481 e. The molecule has 5 nitrogen and oxygen atoms in total. The van der Waals surface area contributed by atoms with Gasteiger partial charge in [-0.3, -0.25) is 9.59 Å². The second-order valence-electron chi connectivity index (χ2n) is 4.91. The zero-order chi connectivity index (χ0) is 13.1. The van der Waals surface area contributed by atoms with Crippen LogP contribution in [0.5, 0.6) is 0 Å². The molecule has 1 aromatic heterocycles. The molecule has 2 atom stereocenters. The molecule has 0 aliphatic carbocycles. The van der Waals surface area contributed by atoms with Gasteiger partial charge in [0, 0.05) is 38.4 Å². The van der Waals surface area contributed by atoms with E-state index in [2.05, 4.69) is 4.90 Å². The molecule has 0 aromatic carbocycles. The summed E-state index contributed by atoms with van der Waals surface area (Å²) in [6.45, 7) is 4.67. The third-order valence-electron chi connectivity index (χ3n) is 3.56. The number of rotatable bonds is 4. The molecule has 2 heterocycles. The Balaban J connectivity index is 1.91. The minimum atomic E-state index is -0.720. The zero-order valence-electron chi connectivity index (χ0n) is 10.5. The molecule has 1 aliphatic rings. The maximum Gasteiger partial charge on any atom is 0.308 e. The fourth-order valence-corrected chi connectivity index (χ4v) is 2.47. The van der Waals surface area contributed by atoms with Crippen LogP contribution < -0.4 is 5.56 Å². The first-order valence-corrected chi connectivity index (χ1v) is 6.18. The summed E-state index contributed by atoms with van der Waals surface area (Å²) < 4.78 is 1.65. The Morgan fingerprint density at radius 3 is 2.78 bits per heavy atom. The van der Waals surface area contributed by atoms with Gasteiger partial charge in [0.05, 0.1) is 5.92 Å². The number of pyridine rings is 1. The number of carbonyl (C=O) groups is 1. The Kier molecular flexibility index (Phi) is 3.81. The molecule has 0 saturated carbocycles. The number of carboxylic acid groups (broad SMARTS) is 1. The summed E-state index contributed by atoms with van der Waals surface area (Å²) in [5, 5.41) is 9.05. The van der Waals surface area contributed by atoms with Crippen molar-refractivity contribution in [1.29, 1.82) is 0 Å². The van der Waals surface area contributed by atoms with Gasteiger partial charge >= 0.3 is 5.97 Å². The monoisotopic (exact) mass is 250 g/mol.